The summed E-state index contributed by atoms with van der Waals surface area (Å²) in [5.74, 6) is 0. The summed E-state index contributed by atoms with van der Waals surface area (Å²) >= 11 is 0. The van der Waals surface area contributed by atoms with Gasteiger partial charge in [0, 0.05) is 0 Å². The van der Waals surface area contributed by atoms with Crippen LogP contribution in [0.3, 0.4) is 0 Å². The summed E-state index contributed by atoms with van der Waals surface area (Å²) in [5.41, 5.74) is 0. The maximum atomic E-state index is 8.74. The average molecular weight is 266 g/mol. The number of rotatable bonds is 6. The van der Waals surface area contributed by atoms with Crippen molar-refractivity contribution in [1.29, 1.82) is 0 Å². The minimum Gasteiger partial charge on any atom is -0.315 e. The molecule has 17 heavy (non-hydrogen) atoms. The third-order valence-corrected chi connectivity index (χ3v) is 2.71. The van der Waals surface area contributed by atoms with E-state index in [4.69, 9.17) is 17.5 Å². The average Bonchev–Trinajstić information content (AvgIpc) is 2.14. The summed E-state index contributed by atoms with van der Waals surface area (Å²) in [6.45, 7) is 17.6. The van der Waals surface area contributed by atoms with E-state index in [0.29, 0.717) is 6.04 Å². The zero-order chi connectivity index (χ0) is 14.1. The van der Waals surface area contributed by atoms with Crippen LogP contribution in [0.1, 0.15) is 20.8 Å². The standard InChI is InChI=1S/C11H22N.H2O4S/c1-6-9-12(8-3,10-7-2)11(4)5;1-5(2,3)4/h6-7,11H,1-2,8-10H2,3-5H3;(H2,1,2,3,4)/q+1;. The third kappa shape index (κ3) is 10.2. The van der Waals surface area contributed by atoms with Crippen molar-refractivity contribution in [3.05, 3.63) is 25.3 Å². The second kappa shape index (κ2) is 8.41. The van der Waals surface area contributed by atoms with E-state index in [1.54, 1.807) is 0 Å². The van der Waals surface area contributed by atoms with Crippen LogP contribution >= 0.6 is 0 Å². The second-order valence-corrected chi connectivity index (χ2v) is 4.91. The molecule has 0 aliphatic carbocycles. The Morgan fingerprint density at radius 1 is 1.18 bits per heavy atom. The first kappa shape index (κ1) is 18.7. The van der Waals surface area contributed by atoms with Gasteiger partial charge in [0.1, 0.15) is 0 Å². The molecule has 6 heteroatoms. The molecule has 0 bridgehead atoms. The molecule has 0 rings (SSSR count). The molecule has 0 aliphatic rings. The van der Waals surface area contributed by atoms with E-state index < -0.39 is 10.4 Å². The molecule has 0 atom stereocenters. The van der Waals surface area contributed by atoms with Crippen molar-refractivity contribution >= 4 is 10.4 Å². The summed E-state index contributed by atoms with van der Waals surface area (Å²) in [6.07, 6.45) is 4.01. The molecule has 0 unspecified atom stereocenters. The fourth-order valence-electron chi connectivity index (χ4n) is 1.63. The largest absolute Gasteiger partial charge is 0.394 e. The van der Waals surface area contributed by atoms with Gasteiger partial charge >= 0.3 is 10.4 Å². The first-order valence-electron chi connectivity index (χ1n) is 5.40. The quantitative estimate of drug-likeness (QED) is 0.438. The minimum atomic E-state index is -4.67. The van der Waals surface area contributed by atoms with Crippen LogP contribution < -0.4 is 0 Å². The van der Waals surface area contributed by atoms with E-state index in [1.807, 2.05) is 12.2 Å². The Morgan fingerprint density at radius 3 is 1.59 bits per heavy atom. The maximum absolute atomic E-state index is 8.74. The highest BCUT2D eigenvalue weighted by Gasteiger charge is 2.25. The predicted octanol–water partition coefficient (Wildman–Crippen LogP) is 1.95. The molecule has 0 aromatic rings. The predicted molar refractivity (Wildman–Crippen MR) is 70.2 cm³/mol. The lowest BCUT2D eigenvalue weighted by atomic mass is 10.2. The van der Waals surface area contributed by atoms with Gasteiger partial charge in [-0.3, -0.25) is 9.11 Å². The number of quaternary nitrogens is 1. The smallest absolute Gasteiger partial charge is 0.315 e. The molecule has 0 spiro atoms. The Hall–Kier alpha value is -0.690. The molecule has 0 aromatic heterocycles. The van der Waals surface area contributed by atoms with Gasteiger partial charge in [0.05, 0.1) is 25.7 Å². The van der Waals surface area contributed by atoms with Crippen molar-refractivity contribution in [2.24, 2.45) is 0 Å². The molecule has 102 valence electrons. The fourth-order valence-corrected chi connectivity index (χ4v) is 1.63. The van der Waals surface area contributed by atoms with Crippen molar-refractivity contribution in [3.8, 4) is 0 Å². The van der Waals surface area contributed by atoms with Crippen LogP contribution in [0.15, 0.2) is 25.3 Å². The van der Waals surface area contributed by atoms with Gasteiger partial charge in [-0.2, -0.15) is 8.42 Å². The van der Waals surface area contributed by atoms with E-state index >= 15 is 0 Å². The summed E-state index contributed by atoms with van der Waals surface area (Å²) in [6, 6.07) is 0.644. The van der Waals surface area contributed by atoms with Crippen molar-refractivity contribution in [2.45, 2.75) is 26.8 Å². The molecule has 0 saturated carbocycles. The van der Waals surface area contributed by atoms with E-state index in [1.165, 1.54) is 0 Å². The third-order valence-electron chi connectivity index (χ3n) is 2.71. The van der Waals surface area contributed by atoms with Crippen molar-refractivity contribution in [1.82, 2.24) is 0 Å². The van der Waals surface area contributed by atoms with Crippen LogP contribution in [0.4, 0.5) is 0 Å². The van der Waals surface area contributed by atoms with Crippen molar-refractivity contribution in [2.75, 3.05) is 19.6 Å². The Balaban J connectivity index is 0. The van der Waals surface area contributed by atoms with Crippen LogP contribution in [0.25, 0.3) is 0 Å². The van der Waals surface area contributed by atoms with E-state index in [-0.39, 0.29) is 0 Å². The normalized spacial score (nSPS) is 11.6. The summed E-state index contributed by atoms with van der Waals surface area (Å²) in [4.78, 5) is 0. The van der Waals surface area contributed by atoms with Crippen LogP contribution in [0.5, 0.6) is 0 Å². The molecule has 0 saturated heterocycles. The van der Waals surface area contributed by atoms with Gasteiger partial charge in [-0.15, -0.1) is 0 Å². The lowest BCUT2D eigenvalue weighted by Crippen LogP contribution is -2.53. The lowest BCUT2D eigenvalue weighted by molar-refractivity contribution is -0.935. The van der Waals surface area contributed by atoms with E-state index in [0.717, 1.165) is 24.1 Å². The number of hydrogen-bond donors (Lipinski definition) is 2. The number of hydrogen-bond acceptors (Lipinski definition) is 2. The van der Waals surface area contributed by atoms with Crippen molar-refractivity contribution < 1.29 is 22.0 Å². The van der Waals surface area contributed by atoms with Gasteiger partial charge in [0.2, 0.25) is 0 Å². The number of likely N-dealkylation sites (N-methyl/N-ethyl adjacent to an activating group) is 1. The Labute approximate surface area is 105 Å². The highest BCUT2D eigenvalue weighted by atomic mass is 32.3. The second-order valence-electron chi connectivity index (χ2n) is 4.02. The highest BCUT2D eigenvalue weighted by molar-refractivity contribution is 7.79. The van der Waals surface area contributed by atoms with Crippen LogP contribution in [-0.2, 0) is 10.4 Å². The molecule has 5 nitrogen and oxygen atoms in total. The summed E-state index contributed by atoms with van der Waals surface area (Å²) in [5, 5.41) is 0. The van der Waals surface area contributed by atoms with Gasteiger partial charge in [-0.25, -0.2) is 0 Å². The molecule has 0 amide bonds. The first-order chi connectivity index (χ1) is 7.63. The first-order valence-corrected chi connectivity index (χ1v) is 6.80. The monoisotopic (exact) mass is 266 g/mol. The molecule has 0 heterocycles. The van der Waals surface area contributed by atoms with Crippen LogP contribution in [-0.4, -0.2) is 47.7 Å². The molecular weight excluding hydrogens is 242 g/mol. The number of nitrogens with zero attached hydrogens (tertiary/aromatic N) is 1. The molecule has 0 radical (unpaired) electrons. The van der Waals surface area contributed by atoms with Crippen LogP contribution in [0.2, 0.25) is 0 Å². The highest BCUT2D eigenvalue weighted by Crippen LogP contribution is 2.13. The lowest BCUT2D eigenvalue weighted by Gasteiger charge is -2.40. The maximum Gasteiger partial charge on any atom is 0.394 e. The zero-order valence-electron chi connectivity index (χ0n) is 10.8. The molecule has 0 aliphatic heterocycles. The van der Waals surface area contributed by atoms with E-state index in [2.05, 4.69) is 33.9 Å². The molecule has 0 aromatic carbocycles. The Bertz CT molecular complexity index is 304. The van der Waals surface area contributed by atoms with E-state index in [9.17, 15) is 0 Å². The van der Waals surface area contributed by atoms with Gasteiger partial charge in [-0.05, 0) is 32.9 Å². The van der Waals surface area contributed by atoms with Gasteiger partial charge in [0.15, 0.2) is 0 Å². The van der Waals surface area contributed by atoms with Gasteiger partial charge in [0.25, 0.3) is 0 Å². The van der Waals surface area contributed by atoms with Gasteiger partial charge in [-0.1, -0.05) is 13.2 Å². The molecule has 2 N–H and O–H groups in total. The Morgan fingerprint density at radius 2 is 1.47 bits per heavy atom. The van der Waals surface area contributed by atoms with Crippen LogP contribution in [0, 0.1) is 0 Å². The zero-order valence-corrected chi connectivity index (χ0v) is 11.7. The van der Waals surface area contributed by atoms with Crippen molar-refractivity contribution in [3.63, 3.8) is 0 Å². The minimum absolute atomic E-state index is 0.644. The SMILES string of the molecule is C=CC[N+](CC)(CC=C)C(C)C.O=S(=O)(O)O. The van der Waals surface area contributed by atoms with Gasteiger partial charge < -0.3 is 4.48 Å². The summed E-state index contributed by atoms with van der Waals surface area (Å²) < 4.78 is 32.7. The topological polar surface area (TPSA) is 74.6 Å². The molecular formula is C11H24NO4S+. The fraction of sp³-hybridized carbons (Fsp3) is 0.636. The molecule has 0 fully saturated rings. The Kier molecular flexibility index (Phi) is 9.23. The summed E-state index contributed by atoms with van der Waals surface area (Å²) in [7, 11) is -4.67.